The van der Waals surface area contributed by atoms with E-state index in [0.717, 1.165) is 18.9 Å². The Kier molecular flexibility index (Phi) is 11.5. The molecule has 1 saturated heterocycles. The van der Waals surface area contributed by atoms with Crippen LogP contribution < -0.4 is 16.4 Å². The number of carbonyl (C=O) groups excluding carboxylic acids is 3. The Morgan fingerprint density at radius 1 is 1.05 bits per heavy atom. The lowest BCUT2D eigenvalue weighted by molar-refractivity contribution is -0.878. The van der Waals surface area contributed by atoms with E-state index in [-0.39, 0.29) is 40.4 Å². The van der Waals surface area contributed by atoms with Crippen molar-refractivity contribution in [3.8, 4) is 0 Å². The average molecular weight is 574 g/mol. The van der Waals surface area contributed by atoms with Crippen LogP contribution >= 0.6 is 0 Å². The number of carbonyl (C=O) groups is 3. The standard InChI is InChI=1S/C31H42F2N4O4/c1-4-10-37(11-5-2,31(41)23-13-20(3)12-22(17-23)29(34)39)27(16-21-14-24(32)18-25(33)15-21)28(38)19-36-26-8-6-7-9-35-30(26)40/h12-15,17-18,26-28,36,38H,4-11,16,19H2,1-3H3,(H2-,34,35,39,40)/p+1/t26?,27-,28+/m0/s1. The molecule has 3 atom stereocenters. The van der Waals surface area contributed by atoms with E-state index in [1.54, 1.807) is 19.1 Å². The molecule has 2 aromatic rings. The van der Waals surface area contributed by atoms with Gasteiger partial charge in [0.1, 0.15) is 23.8 Å². The number of aliphatic hydroxyl groups is 1. The van der Waals surface area contributed by atoms with Crippen molar-refractivity contribution in [1.82, 2.24) is 10.6 Å². The molecule has 1 unspecified atom stereocenters. The first-order chi connectivity index (χ1) is 19.5. The summed E-state index contributed by atoms with van der Waals surface area (Å²) < 4.78 is 28.3. The number of hydrogen-bond acceptors (Lipinski definition) is 5. The van der Waals surface area contributed by atoms with E-state index in [0.29, 0.717) is 50.0 Å². The third-order valence-corrected chi connectivity index (χ3v) is 7.81. The molecule has 0 bridgehead atoms. The highest BCUT2D eigenvalue weighted by Crippen LogP contribution is 2.28. The number of rotatable bonds is 13. The Labute approximate surface area is 240 Å². The van der Waals surface area contributed by atoms with E-state index in [1.165, 1.54) is 18.2 Å². The first kappa shape index (κ1) is 32.3. The second kappa shape index (κ2) is 14.6. The van der Waals surface area contributed by atoms with Gasteiger partial charge in [0.2, 0.25) is 11.8 Å². The van der Waals surface area contributed by atoms with Crippen molar-refractivity contribution in [2.45, 2.75) is 77.5 Å². The first-order valence-corrected chi connectivity index (χ1v) is 14.5. The quantitative estimate of drug-likeness (QED) is 0.274. The summed E-state index contributed by atoms with van der Waals surface area (Å²) in [6.45, 7) is 6.91. The minimum atomic E-state index is -1.15. The monoisotopic (exact) mass is 573 g/mol. The highest BCUT2D eigenvalue weighted by molar-refractivity contribution is 5.97. The van der Waals surface area contributed by atoms with Gasteiger partial charge >= 0.3 is 5.91 Å². The van der Waals surface area contributed by atoms with Crippen molar-refractivity contribution in [3.05, 3.63) is 70.3 Å². The summed E-state index contributed by atoms with van der Waals surface area (Å²) in [7, 11) is 0. The van der Waals surface area contributed by atoms with Crippen molar-refractivity contribution >= 4 is 17.7 Å². The van der Waals surface area contributed by atoms with Crippen LogP contribution in [0.5, 0.6) is 0 Å². The van der Waals surface area contributed by atoms with Gasteiger partial charge in [-0.25, -0.2) is 13.6 Å². The largest absolute Gasteiger partial charge is 0.386 e. The minimum absolute atomic E-state index is 0.00160. The molecule has 0 radical (unpaired) electrons. The van der Waals surface area contributed by atoms with Gasteiger partial charge in [0, 0.05) is 31.1 Å². The molecule has 0 spiro atoms. The predicted octanol–water partition coefficient (Wildman–Crippen LogP) is 3.38. The maximum Gasteiger partial charge on any atom is 0.346 e. The molecule has 5 N–H and O–H groups in total. The first-order valence-electron chi connectivity index (χ1n) is 14.5. The van der Waals surface area contributed by atoms with Crippen molar-refractivity contribution in [2.75, 3.05) is 26.2 Å². The highest BCUT2D eigenvalue weighted by Gasteiger charge is 2.47. The molecule has 0 aliphatic carbocycles. The lowest BCUT2D eigenvalue weighted by Gasteiger charge is -2.44. The summed E-state index contributed by atoms with van der Waals surface area (Å²) in [5.41, 5.74) is 7.01. The number of nitrogens with zero attached hydrogens (tertiary/aromatic N) is 1. The smallest absolute Gasteiger partial charge is 0.346 e. The molecule has 1 fully saturated rings. The topological polar surface area (TPSA) is 122 Å². The fraction of sp³-hybridized carbons (Fsp3) is 0.516. The van der Waals surface area contributed by atoms with Crippen LogP contribution in [0.25, 0.3) is 0 Å². The SMILES string of the molecule is CCC[N+](CCC)(C(=O)c1cc(C)cc(C(N)=O)c1)[C@@H](Cc1cc(F)cc(F)c1)[C@H](O)CNC1CCCCNC1=O. The number of quaternary nitrogens is 1. The molecule has 0 aromatic heterocycles. The van der Waals surface area contributed by atoms with Crippen molar-refractivity contribution in [2.24, 2.45) is 5.73 Å². The number of amides is 3. The maximum absolute atomic E-state index is 14.5. The molecular weight excluding hydrogens is 530 g/mol. The van der Waals surface area contributed by atoms with Gasteiger partial charge in [-0.05, 0) is 80.5 Å². The molecule has 1 aliphatic rings. The zero-order valence-corrected chi connectivity index (χ0v) is 24.2. The zero-order chi connectivity index (χ0) is 30.2. The molecule has 0 saturated carbocycles. The Morgan fingerprint density at radius 3 is 2.29 bits per heavy atom. The van der Waals surface area contributed by atoms with Gasteiger partial charge in [-0.1, -0.05) is 13.8 Å². The summed E-state index contributed by atoms with van der Waals surface area (Å²) in [5.74, 6) is -2.61. The number of hydrogen-bond donors (Lipinski definition) is 4. The molecule has 3 rings (SSSR count). The fourth-order valence-electron chi connectivity index (χ4n) is 6.04. The number of benzene rings is 2. The van der Waals surface area contributed by atoms with E-state index in [9.17, 15) is 28.3 Å². The lowest BCUT2D eigenvalue weighted by atomic mass is 9.93. The van der Waals surface area contributed by atoms with Gasteiger partial charge in [0.15, 0.2) is 0 Å². The summed E-state index contributed by atoms with van der Waals surface area (Å²) >= 11 is 0. The minimum Gasteiger partial charge on any atom is -0.386 e. The van der Waals surface area contributed by atoms with Crippen LogP contribution in [0.15, 0.2) is 36.4 Å². The molecule has 2 aromatic carbocycles. The Bertz CT molecular complexity index is 1210. The molecule has 1 heterocycles. The van der Waals surface area contributed by atoms with Gasteiger partial charge < -0.3 is 21.5 Å². The van der Waals surface area contributed by atoms with Gasteiger partial charge in [0.25, 0.3) is 0 Å². The van der Waals surface area contributed by atoms with Crippen LogP contribution in [0.1, 0.15) is 77.8 Å². The number of nitrogens with one attached hydrogen (secondary N) is 2. The summed E-state index contributed by atoms with van der Waals surface area (Å²) in [6, 6.07) is 6.66. The van der Waals surface area contributed by atoms with Crippen molar-refractivity contribution in [3.63, 3.8) is 0 Å². The average Bonchev–Trinajstić information content (AvgIpc) is 3.12. The van der Waals surface area contributed by atoms with E-state index >= 15 is 0 Å². The summed E-state index contributed by atoms with van der Waals surface area (Å²) in [6.07, 6.45) is 2.34. The normalized spacial score (nSPS) is 17.4. The molecule has 3 amide bonds. The van der Waals surface area contributed by atoms with Gasteiger partial charge in [-0.15, -0.1) is 0 Å². The zero-order valence-electron chi connectivity index (χ0n) is 24.2. The molecule has 8 nitrogen and oxygen atoms in total. The van der Waals surface area contributed by atoms with E-state index in [1.807, 2.05) is 13.8 Å². The van der Waals surface area contributed by atoms with Crippen LogP contribution in [0.2, 0.25) is 0 Å². The highest BCUT2D eigenvalue weighted by atomic mass is 19.1. The molecular formula is C31H43F2N4O4+. The van der Waals surface area contributed by atoms with Crippen molar-refractivity contribution in [1.29, 1.82) is 0 Å². The Hall–Kier alpha value is -3.21. The van der Waals surface area contributed by atoms with Crippen LogP contribution in [-0.4, -0.2) is 71.7 Å². The fourth-order valence-corrected chi connectivity index (χ4v) is 6.04. The second-order valence-electron chi connectivity index (χ2n) is 11.1. The molecule has 41 heavy (non-hydrogen) atoms. The third-order valence-electron chi connectivity index (χ3n) is 7.81. The number of aryl methyl sites for hydroxylation is 1. The molecule has 10 heteroatoms. The van der Waals surface area contributed by atoms with E-state index < -0.39 is 35.7 Å². The number of nitrogens with two attached hydrogens (primary N) is 1. The Morgan fingerprint density at radius 2 is 1.68 bits per heavy atom. The Balaban J connectivity index is 2.10. The van der Waals surface area contributed by atoms with Crippen LogP contribution in [-0.2, 0) is 11.2 Å². The van der Waals surface area contributed by atoms with Gasteiger partial charge in [-0.2, -0.15) is 0 Å². The number of aliphatic hydroxyl groups excluding tert-OH is 1. The lowest BCUT2D eigenvalue weighted by Crippen LogP contribution is -2.66. The molecule has 224 valence electrons. The summed E-state index contributed by atoms with van der Waals surface area (Å²) in [4.78, 5) is 39.1. The van der Waals surface area contributed by atoms with E-state index in [4.69, 9.17) is 5.73 Å². The number of halogens is 2. The van der Waals surface area contributed by atoms with Crippen LogP contribution in [0.3, 0.4) is 0 Å². The predicted molar refractivity (Wildman–Crippen MR) is 153 cm³/mol. The summed E-state index contributed by atoms with van der Waals surface area (Å²) in [5, 5.41) is 17.8. The third kappa shape index (κ3) is 8.18. The van der Waals surface area contributed by atoms with Gasteiger partial charge in [-0.3, -0.25) is 14.1 Å². The van der Waals surface area contributed by atoms with E-state index in [2.05, 4.69) is 10.6 Å². The molecule has 1 aliphatic heterocycles. The van der Waals surface area contributed by atoms with Crippen LogP contribution in [0.4, 0.5) is 8.78 Å². The number of primary amides is 1. The van der Waals surface area contributed by atoms with Gasteiger partial charge in [0.05, 0.1) is 24.7 Å². The van der Waals surface area contributed by atoms with Crippen molar-refractivity contribution < 1.29 is 32.8 Å². The van der Waals surface area contributed by atoms with Crippen LogP contribution in [0, 0.1) is 18.6 Å². The second-order valence-corrected chi connectivity index (χ2v) is 11.1. The maximum atomic E-state index is 14.5.